The lowest BCUT2D eigenvalue weighted by atomic mass is 9.83. The molecule has 0 radical (unpaired) electrons. The second-order valence-electron chi connectivity index (χ2n) is 7.41. The van der Waals surface area contributed by atoms with Gasteiger partial charge in [-0.1, -0.05) is 53.7 Å². The molecule has 2 nitrogen and oxygen atoms in total. The van der Waals surface area contributed by atoms with Crippen molar-refractivity contribution in [2.24, 2.45) is 0 Å². The van der Waals surface area contributed by atoms with Gasteiger partial charge in [0, 0.05) is 17.1 Å². The average molecular weight is 271 g/mol. The first-order valence-corrected chi connectivity index (χ1v) is 7.13. The zero-order chi connectivity index (χ0) is 15.1. The van der Waals surface area contributed by atoms with Crippen molar-refractivity contribution < 1.29 is 4.74 Å². The normalized spacial score (nSPS) is 12.8. The van der Waals surface area contributed by atoms with Crippen LogP contribution < -0.4 is 4.74 Å². The van der Waals surface area contributed by atoms with Gasteiger partial charge in [0.1, 0.15) is 5.75 Å². The van der Waals surface area contributed by atoms with E-state index in [1.807, 2.05) is 6.20 Å². The van der Waals surface area contributed by atoms with Crippen LogP contribution in [0.25, 0.3) is 10.9 Å². The molecule has 2 rings (SSSR count). The largest absolute Gasteiger partial charge is 0.496 e. The first-order chi connectivity index (χ1) is 9.16. The van der Waals surface area contributed by atoms with Gasteiger partial charge < -0.3 is 4.74 Å². The van der Waals surface area contributed by atoms with Crippen LogP contribution in [0.1, 0.15) is 52.7 Å². The number of methoxy groups -OCH3 is 1. The number of aromatic nitrogens is 1. The van der Waals surface area contributed by atoms with Crippen LogP contribution in [0.15, 0.2) is 24.4 Å². The second-order valence-corrected chi connectivity index (χ2v) is 7.41. The van der Waals surface area contributed by atoms with Crippen LogP contribution in [-0.4, -0.2) is 12.1 Å². The van der Waals surface area contributed by atoms with Crippen LogP contribution >= 0.6 is 0 Å². The summed E-state index contributed by atoms with van der Waals surface area (Å²) in [5, 5.41) is 1.10. The minimum atomic E-state index is 0.0181. The summed E-state index contributed by atoms with van der Waals surface area (Å²) in [5.74, 6) is 0.952. The molecule has 20 heavy (non-hydrogen) atoms. The Labute approximate surface area is 122 Å². The Balaban J connectivity index is 2.84. The summed E-state index contributed by atoms with van der Waals surface area (Å²) in [6.07, 6.45) is 1.97. The van der Waals surface area contributed by atoms with Crippen molar-refractivity contribution in [1.82, 2.24) is 4.98 Å². The summed E-state index contributed by atoms with van der Waals surface area (Å²) in [5.41, 5.74) is 3.54. The van der Waals surface area contributed by atoms with Crippen molar-refractivity contribution in [3.63, 3.8) is 0 Å². The Morgan fingerprint density at radius 1 is 0.900 bits per heavy atom. The van der Waals surface area contributed by atoms with E-state index in [2.05, 4.69) is 59.7 Å². The number of hydrogen-bond donors (Lipinski definition) is 0. The van der Waals surface area contributed by atoms with Crippen LogP contribution in [0.4, 0.5) is 0 Å². The van der Waals surface area contributed by atoms with Crippen molar-refractivity contribution in [2.45, 2.75) is 52.4 Å². The van der Waals surface area contributed by atoms with Gasteiger partial charge in [-0.2, -0.15) is 0 Å². The van der Waals surface area contributed by atoms with Crippen molar-refractivity contribution in [3.8, 4) is 5.75 Å². The SMILES string of the molecule is COc1c(C(C)(C)C)cnc2c(C(C)(C)C)cccc12. The number of nitrogens with zero attached hydrogens (tertiary/aromatic N) is 1. The van der Waals surface area contributed by atoms with Crippen LogP contribution in [0, 0.1) is 0 Å². The van der Waals surface area contributed by atoms with E-state index in [9.17, 15) is 0 Å². The molecule has 1 aromatic carbocycles. The second kappa shape index (κ2) is 4.76. The first kappa shape index (κ1) is 14.8. The summed E-state index contributed by atoms with van der Waals surface area (Å²) >= 11 is 0. The number of ether oxygens (including phenoxy) is 1. The maximum atomic E-state index is 5.71. The smallest absolute Gasteiger partial charge is 0.133 e. The molecule has 108 valence electrons. The van der Waals surface area contributed by atoms with Gasteiger partial charge in [0.25, 0.3) is 0 Å². The minimum absolute atomic E-state index is 0.0181. The molecule has 0 saturated heterocycles. The summed E-state index contributed by atoms with van der Waals surface area (Å²) < 4.78 is 5.71. The first-order valence-electron chi connectivity index (χ1n) is 7.13. The molecule has 0 saturated carbocycles. The fourth-order valence-electron chi connectivity index (χ4n) is 2.56. The molecular formula is C18H25NO. The Morgan fingerprint density at radius 2 is 1.50 bits per heavy atom. The van der Waals surface area contributed by atoms with E-state index in [-0.39, 0.29) is 10.8 Å². The van der Waals surface area contributed by atoms with E-state index in [4.69, 9.17) is 9.72 Å². The van der Waals surface area contributed by atoms with Gasteiger partial charge in [-0.25, -0.2) is 0 Å². The summed E-state index contributed by atoms with van der Waals surface area (Å²) in [7, 11) is 1.74. The van der Waals surface area contributed by atoms with Gasteiger partial charge in [-0.15, -0.1) is 0 Å². The lowest BCUT2D eigenvalue weighted by Gasteiger charge is -2.25. The molecular weight excluding hydrogens is 246 g/mol. The molecule has 0 fully saturated rings. The summed E-state index contributed by atoms with van der Waals surface area (Å²) in [6.45, 7) is 13.2. The molecule has 1 heterocycles. The topological polar surface area (TPSA) is 22.1 Å². The van der Waals surface area contributed by atoms with Crippen molar-refractivity contribution in [3.05, 3.63) is 35.5 Å². The minimum Gasteiger partial charge on any atom is -0.496 e. The van der Waals surface area contributed by atoms with E-state index < -0.39 is 0 Å². The third-order valence-electron chi connectivity index (χ3n) is 3.67. The maximum Gasteiger partial charge on any atom is 0.133 e. The van der Waals surface area contributed by atoms with Crippen molar-refractivity contribution >= 4 is 10.9 Å². The molecule has 2 heteroatoms. The zero-order valence-electron chi connectivity index (χ0n) is 13.7. The van der Waals surface area contributed by atoms with E-state index in [0.29, 0.717) is 0 Å². The van der Waals surface area contributed by atoms with Gasteiger partial charge in [0.15, 0.2) is 0 Å². The molecule has 0 aliphatic carbocycles. The number of hydrogen-bond acceptors (Lipinski definition) is 2. The fraction of sp³-hybridized carbons (Fsp3) is 0.500. The highest BCUT2D eigenvalue weighted by molar-refractivity contribution is 5.89. The van der Waals surface area contributed by atoms with E-state index in [0.717, 1.165) is 22.2 Å². The number of para-hydroxylation sites is 1. The van der Waals surface area contributed by atoms with E-state index >= 15 is 0 Å². The zero-order valence-corrected chi connectivity index (χ0v) is 13.7. The van der Waals surface area contributed by atoms with Crippen LogP contribution in [0.3, 0.4) is 0 Å². The third-order valence-corrected chi connectivity index (χ3v) is 3.67. The maximum absolute atomic E-state index is 5.71. The van der Waals surface area contributed by atoms with Gasteiger partial charge in [0.05, 0.1) is 12.6 Å². The number of pyridine rings is 1. The molecule has 0 aliphatic rings. The Bertz CT molecular complexity index is 630. The number of benzene rings is 1. The fourth-order valence-corrected chi connectivity index (χ4v) is 2.56. The van der Waals surface area contributed by atoms with Gasteiger partial charge >= 0.3 is 0 Å². The predicted octanol–water partition coefficient (Wildman–Crippen LogP) is 4.84. The van der Waals surface area contributed by atoms with Crippen molar-refractivity contribution in [2.75, 3.05) is 7.11 Å². The average Bonchev–Trinajstić information content (AvgIpc) is 2.34. The van der Waals surface area contributed by atoms with Crippen LogP contribution in [-0.2, 0) is 10.8 Å². The monoisotopic (exact) mass is 271 g/mol. The predicted molar refractivity (Wildman–Crippen MR) is 85.7 cm³/mol. The van der Waals surface area contributed by atoms with Gasteiger partial charge in [0.2, 0.25) is 0 Å². The lowest BCUT2D eigenvalue weighted by Crippen LogP contribution is -2.16. The molecule has 0 amide bonds. The molecule has 0 unspecified atom stereocenters. The quantitative estimate of drug-likeness (QED) is 0.740. The molecule has 0 aliphatic heterocycles. The molecule has 0 N–H and O–H groups in total. The Kier molecular flexibility index (Phi) is 3.53. The number of fused-ring (bicyclic) bond motifs is 1. The Morgan fingerprint density at radius 3 is 2.00 bits per heavy atom. The third kappa shape index (κ3) is 2.52. The van der Waals surface area contributed by atoms with E-state index in [1.54, 1.807) is 7.11 Å². The molecule has 0 bridgehead atoms. The highest BCUT2D eigenvalue weighted by Gasteiger charge is 2.24. The summed E-state index contributed by atoms with van der Waals surface area (Å²) in [6, 6.07) is 6.36. The molecule has 0 atom stereocenters. The van der Waals surface area contributed by atoms with Gasteiger partial charge in [-0.3, -0.25) is 4.98 Å². The van der Waals surface area contributed by atoms with Crippen molar-refractivity contribution in [1.29, 1.82) is 0 Å². The highest BCUT2D eigenvalue weighted by Crippen LogP contribution is 2.38. The molecule has 0 spiro atoms. The van der Waals surface area contributed by atoms with E-state index in [1.165, 1.54) is 5.56 Å². The van der Waals surface area contributed by atoms with Crippen LogP contribution in [0.5, 0.6) is 5.75 Å². The standard InChI is InChI=1S/C18H25NO/c1-17(2,3)13-10-8-9-12-15(13)19-11-14(16(12)20-7)18(4,5)6/h8-11H,1-7H3. The highest BCUT2D eigenvalue weighted by atomic mass is 16.5. The molecule has 1 aromatic heterocycles. The van der Waals surface area contributed by atoms with Gasteiger partial charge in [-0.05, 0) is 22.5 Å². The Hall–Kier alpha value is -1.57. The van der Waals surface area contributed by atoms with Crippen LogP contribution in [0.2, 0.25) is 0 Å². The lowest BCUT2D eigenvalue weighted by molar-refractivity contribution is 0.402. The summed E-state index contributed by atoms with van der Waals surface area (Å²) in [4.78, 5) is 4.74. The number of rotatable bonds is 1. The molecule has 2 aromatic rings.